The summed E-state index contributed by atoms with van der Waals surface area (Å²) >= 11 is 3.35. The van der Waals surface area contributed by atoms with Crippen molar-refractivity contribution in [3.63, 3.8) is 0 Å². The number of oxazole rings is 1. The Balaban J connectivity index is 1.81. The molecule has 4 nitrogen and oxygen atoms in total. The molecule has 0 radical (unpaired) electrons. The minimum atomic E-state index is 0.641. The summed E-state index contributed by atoms with van der Waals surface area (Å²) in [5.74, 6) is 1.61. The van der Waals surface area contributed by atoms with Crippen LogP contribution in [-0.2, 0) is 12.8 Å². The zero-order valence-electron chi connectivity index (χ0n) is 8.89. The molecule has 0 unspecified atom stereocenters. The van der Waals surface area contributed by atoms with Crippen LogP contribution >= 0.6 is 15.9 Å². The Hall–Kier alpha value is -1.62. The Morgan fingerprint density at radius 1 is 1.29 bits per heavy atom. The molecule has 86 valence electrons. The zero-order chi connectivity index (χ0) is 11.7. The second-order valence-corrected chi connectivity index (χ2v) is 4.58. The van der Waals surface area contributed by atoms with Gasteiger partial charge >= 0.3 is 0 Å². The minimum absolute atomic E-state index is 0.641. The third-order valence-electron chi connectivity index (χ3n) is 2.42. The summed E-state index contributed by atoms with van der Waals surface area (Å²) in [5, 5.41) is 0. The first-order valence-electron chi connectivity index (χ1n) is 5.24. The number of aryl methyl sites for hydroxylation is 2. The lowest BCUT2D eigenvalue weighted by Crippen LogP contribution is -1.89. The maximum absolute atomic E-state index is 5.60. The summed E-state index contributed by atoms with van der Waals surface area (Å²) in [4.78, 5) is 8.48. The van der Waals surface area contributed by atoms with Crippen molar-refractivity contribution >= 4 is 27.2 Å². The molecule has 0 saturated carbocycles. The molecule has 0 atom stereocenters. The van der Waals surface area contributed by atoms with E-state index in [1.54, 1.807) is 12.5 Å². The van der Waals surface area contributed by atoms with Crippen LogP contribution in [0.25, 0.3) is 11.2 Å². The van der Waals surface area contributed by atoms with Gasteiger partial charge in [-0.2, -0.15) is 4.98 Å². The van der Waals surface area contributed by atoms with Gasteiger partial charge in [0.2, 0.25) is 0 Å². The van der Waals surface area contributed by atoms with Crippen molar-refractivity contribution in [1.29, 1.82) is 0 Å². The molecule has 3 aromatic rings. The van der Waals surface area contributed by atoms with E-state index in [1.807, 2.05) is 18.2 Å². The van der Waals surface area contributed by atoms with Crippen molar-refractivity contribution in [3.05, 3.63) is 46.8 Å². The van der Waals surface area contributed by atoms with Gasteiger partial charge in [0.25, 0.3) is 0 Å². The van der Waals surface area contributed by atoms with Gasteiger partial charge in [0.15, 0.2) is 17.1 Å². The summed E-state index contributed by atoms with van der Waals surface area (Å²) < 4.78 is 11.7. The molecule has 0 saturated heterocycles. The molecule has 17 heavy (non-hydrogen) atoms. The highest BCUT2D eigenvalue weighted by molar-refractivity contribution is 9.10. The second-order valence-electron chi connectivity index (χ2n) is 3.66. The van der Waals surface area contributed by atoms with E-state index in [1.165, 1.54) is 0 Å². The number of furan rings is 1. The third kappa shape index (κ3) is 2.24. The minimum Gasteiger partial charge on any atom is -0.469 e. The monoisotopic (exact) mass is 292 g/mol. The lowest BCUT2D eigenvalue weighted by atomic mass is 10.2. The Morgan fingerprint density at radius 3 is 3.06 bits per heavy atom. The molecule has 0 bridgehead atoms. The number of hydrogen-bond acceptors (Lipinski definition) is 4. The molecule has 0 fully saturated rings. The molecule has 3 heterocycles. The highest BCUT2D eigenvalue weighted by Gasteiger charge is 2.08. The van der Waals surface area contributed by atoms with E-state index in [4.69, 9.17) is 8.83 Å². The molecule has 0 aliphatic rings. The Bertz CT molecular complexity index is 631. The normalized spacial score (nSPS) is 11.1. The fourth-order valence-corrected chi connectivity index (χ4v) is 1.94. The van der Waals surface area contributed by atoms with Crippen molar-refractivity contribution < 1.29 is 8.83 Å². The first-order chi connectivity index (χ1) is 8.31. The van der Waals surface area contributed by atoms with Gasteiger partial charge in [0.1, 0.15) is 5.76 Å². The van der Waals surface area contributed by atoms with Crippen LogP contribution in [-0.4, -0.2) is 9.97 Å². The third-order valence-corrected chi connectivity index (χ3v) is 2.86. The molecule has 0 aliphatic carbocycles. The number of rotatable bonds is 3. The van der Waals surface area contributed by atoms with Crippen molar-refractivity contribution in [2.45, 2.75) is 12.8 Å². The Kier molecular flexibility index (Phi) is 2.68. The molecule has 0 N–H and O–H groups in total. The second kappa shape index (κ2) is 4.33. The fourth-order valence-electron chi connectivity index (χ4n) is 1.63. The topological polar surface area (TPSA) is 52.1 Å². The van der Waals surface area contributed by atoms with E-state index in [2.05, 4.69) is 25.9 Å². The lowest BCUT2D eigenvalue weighted by molar-refractivity contribution is 0.480. The van der Waals surface area contributed by atoms with Gasteiger partial charge in [-0.15, -0.1) is 0 Å². The van der Waals surface area contributed by atoms with Crippen molar-refractivity contribution in [1.82, 2.24) is 9.97 Å². The summed E-state index contributed by atoms with van der Waals surface area (Å²) in [6, 6.07) is 5.68. The molecule has 3 aromatic heterocycles. The number of hydrogen-bond donors (Lipinski definition) is 0. The fraction of sp³-hybridized carbons (Fsp3) is 0.167. The van der Waals surface area contributed by atoms with Crippen LogP contribution in [0.1, 0.15) is 11.7 Å². The number of nitrogens with zero attached hydrogens (tertiary/aromatic N) is 2. The van der Waals surface area contributed by atoms with Crippen LogP contribution < -0.4 is 0 Å². The van der Waals surface area contributed by atoms with Crippen LogP contribution in [0.3, 0.4) is 0 Å². The molecule has 0 aliphatic heterocycles. The van der Waals surface area contributed by atoms with Gasteiger partial charge in [-0.3, -0.25) is 0 Å². The molecular formula is C12H9BrN2O2. The average Bonchev–Trinajstić information content (AvgIpc) is 2.94. The van der Waals surface area contributed by atoms with E-state index in [9.17, 15) is 0 Å². The molecular weight excluding hydrogens is 284 g/mol. The summed E-state index contributed by atoms with van der Waals surface area (Å²) in [7, 11) is 0. The van der Waals surface area contributed by atoms with Gasteiger partial charge in [0, 0.05) is 29.6 Å². The molecule has 0 aromatic carbocycles. The summed E-state index contributed by atoms with van der Waals surface area (Å²) in [5.41, 5.74) is 1.34. The maximum atomic E-state index is 5.60. The molecule has 3 rings (SSSR count). The smallest absolute Gasteiger partial charge is 0.198 e. The van der Waals surface area contributed by atoms with Crippen molar-refractivity contribution in [3.8, 4) is 0 Å². The van der Waals surface area contributed by atoms with Gasteiger partial charge in [-0.05, 0) is 28.1 Å². The van der Waals surface area contributed by atoms with Crippen molar-refractivity contribution in [2.75, 3.05) is 0 Å². The summed E-state index contributed by atoms with van der Waals surface area (Å²) in [6.45, 7) is 0. The van der Waals surface area contributed by atoms with Crippen LogP contribution in [0.4, 0.5) is 0 Å². The highest BCUT2D eigenvalue weighted by atomic mass is 79.9. The van der Waals surface area contributed by atoms with Gasteiger partial charge in [-0.25, -0.2) is 4.98 Å². The SMILES string of the molecule is Brc1cnc2nc(CCc3ccco3)oc2c1. The van der Waals surface area contributed by atoms with E-state index in [0.717, 1.165) is 16.7 Å². The quantitative estimate of drug-likeness (QED) is 0.743. The average molecular weight is 293 g/mol. The van der Waals surface area contributed by atoms with E-state index in [0.29, 0.717) is 23.5 Å². The number of pyridine rings is 1. The van der Waals surface area contributed by atoms with Crippen molar-refractivity contribution in [2.24, 2.45) is 0 Å². The van der Waals surface area contributed by atoms with Gasteiger partial charge in [-0.1, -0.05) is 0 Å². The van der Waals surface area contributed by atoms with Crippen LogP contribution in [0.5, 0.6) is 0 Å². The number of aromatic nitrogens is 2. The first-order valence-corrected chi connectivity index (χ1v) is 6.04. The Morgan fingerprint density at radius 2 is 2.24 bits per heavy atom. The van der Waals surface area contributed by atoms with E-state index < -0.39 is 0 Å². The van der Waals surface area contributed by atoms with Crippen LogP contribution in [0.2, 0.25) is 0 Å². The molecule has 5 heteroatoms. The zero-order valence-corrected chi connectivity index (χ0v) is 10.5. The largest absolute Gasteiger partial charge is 0.469 e. The first kappa shape index (κ1) is 10.5. The van der Waals surface area contributed by atoms with Gasteiger partial charge < -0.3 is 8.83 Å². The van der Waals surface area contributed by atoms with E-state index in [-0.39, 0.29) is 0 Å². The maximum Gasteiger partial charge on any atom is 0.198 e. The molecule has 0 spiro atoms. The van der Waals surface area contributed by atoms with Crippen LogP contribution in [0.15, 0.2) is 44.0 Å². The summed E-state index contributed by atoms with van der Waals surface area (Å²) in [6.07, 6.45) is 4.86. The molecule has 0 amide bonds. The predicted molar refractivity (Wildman–Crippen MR) is 65.6 cm³/mol. The lowest BCUT2D eigenvalue weighted by Gasteiger charge is -1.91. The Labute approximate surface area is 106 Å². The number of fused-ring (bicyclic) bond motifs is 1. The van der Waals surface area contributed by atoms with Gasteiger partial charge in [0.05, 0.1) is 6.26 Å². The predicted octanol–water partition coefficient (Wildman–Crippen LogP) is 3.36. The highest BCUT2D eigenvalue weighted by Crippen LogP contribution is 2.19. The van der Waals surface area contributed by atoms with Crippen LogP contribution in [0, 0.1) is 0 Å². The standard InChI is InChI=1S/C12H9BrN2O2/c13-8-6-10-12(14-7-8)15-11(17-10)4-3-9-2-1-5-16-9/h1-2,5-7H,3-4H2. The number of halogens is 1. The van der Waals surface area contributed by atoms with E-state index >= 15 is 0 Å².